The summed E-state index contributed by atoms with van der Waals surface area (Å²) >= 11 is 0. The predicted octanol–water partition coefficient (Wildman–Crippen LogP) is 1.83. The summed E-state index contributed by atoms with van der Waals surface area (Å²) in [4.78, 5) is 2.10. The minimum atomic E-state index is -0.319. The Morgan fingerprint density at radius 3 is 2.67 bits per heavy atom. The van der Waals surface area contributed by atoms with E-state index in [-0.39, 0.29) is 17.2 Å². The molecule has 1 heterocycles. The Morgan fingerprint density at radius 1 is 1.39 bits per heavy atom. The molecule has 1 spiro atoms. The number of nitrogens with zero attached hydrogens (tertiary/aromatic N) is 1. The molecule has 2 aliphatic carbocycles. The second kappa shape index (κ2) is 3.41. The number of aliphatic hydroxyl groups is 1. The topological polar surface area (TPSA) is 56.5 Å². The second-order valence-corrected chi connectivity index (χ2v) is 7.37. The Kier molecular flexibility index (Phi) is 2.32. The van der Waals surface area contributed by atoms with Crippen molar-refractivity contribution in [3.05, 3.63) is 0 Å². The summed E-state index contributed by atoms with van der Waals surface area (Å²) in [5, 5.41) is 18.3. The number of nitrogens with one attached hydrogen (secondary N) is 1. The van der Waals surface area contributed by atoms with Gasteiger partial charge in [-0.05, 0) is 39.5 Å². The highest BCUT2D eigenvalue weighted by molar-refractivity contribution is 5.74. The van der Waals surface area contributed by atoms with Crippen molar-refractivity contribution in [1.29, 1.82) is 5.41 Å². The van der Waals surface area contributed by atoms with Crippen molar-refractivity contribution in [2.24, 2.45) is 17.8 Å². The SMILES string of the molecule is CC1CC2C(O)C3CN(C(=N)OC(C)(C)C)C23C1. The molecule has 1 saturated heterocycles. The van der Waals surface area contributed by atoms with Crippen LogP contribution in [0.15, 0.2) is 0 Å². The van der Waals surface area contributed by atoms with Crippen molar-refractivity contribution >= 4 is 6.02 Å². The van der Waals surface area contributed by atoms with Gasteiger partial charge < -0.3 is 14.7 Å². The summed E-state index contributed by atoms with van der Waals surface area (Å²) in [5.74, 6) is 1.38. The van der Waals surface area contributed by atoms with E-state index in [0.717, 1.165) is 19.4 Å². The standard InChI is InChI=1S/C14H24N2O2/c1-8-5-9-11(17)10-7-16(14(9,10)6-8)12(15)18-13(2,3)4/h8-11,15,17H,5-7H2,1-4H3. The molecule has 0 aromatic heterocycles. The molecule has 5 unspecified atom stereocenters. The maximum Gasteiger partial charge on any atom is 0.285 e. The van der Waals surface area contributed by atoms with Crippen LogP contribution in [0.1, 0.15) is 40.5 Å². The average molecular weight is 252 g/mol. The van der Waals surface area contributed by atoms with Crippen LogP contribution in [-0.2, 0) is 4.74 Å². The van der Waals surface area contributed by atoms with Crippen LogP contribution < -0.4 is 0 Å². The first kappa shape index (κ1) is 12.3. The average Bonchev–Trinajstić information content (AvgIpc) is 2.52. The Balaban J connectivity index is 1.76. The third-order valence-corrected chi connectivity index (χ3v) is 4.97. The van der Waals surface area contributed by atoms with Crippen LogP contribution in [0.3, 0.4) is 0 Å². The minimum Gasteiger partial charge on any atom is -0.460 e. The molecule has 18 heavy (non-hydrogen) atoms. The first-order valence-corrected chi connectivity index (χ1v) is 6.99. The van der Waals surface area contributed by atoms with Gasteiger partial charge in [-0.2, -0.15) is 0 Å². The molecule has 0 aromatic carbocycles. The molecular formula is C14H24N2O2. The zero-order valence-corrected chi connectivity index (χ0v) is 11.7. The van der Waals surface area contributed by atoms with Crippen molar-refractivity contribution in [1.82, 2.24) is 4.90 Å². The summed E-state index contributed by atoms with van der Waals surface area (Å²) in [5.41, 5.74) is -0.262. The molecule has 2 N–H and O–H groups in total. The Hall–Kier alpha value is -0.770. The van der Waals surface area contributed by atoms with Gasteiger partial charge in [-0.1, -0.05) is 6.92 Å². The van der Waals surface area contributed by atoms with E-state index < -0.39 is 0 Å². The fourth-order valence-corrected chi connectivity index (χ4v) is 4.40. The van der Waals surface area contributed by atoms with Gasteiger partial charge >= 0.3 is 0 Å². The van der Waals surface area contributed by atoms with Gasteiger partial charge in [0.2, 0.25) is 0 Å². The molecule has 3 rings (SSSR count). The smallest absolute Gasteiger partial charge is 0.285 e. The van der Waals surface area contributed by atoms with Crippen LogP contribution in [0.2, 0.25) is 0 Å². The lowest BCUT2D eigenvalue weighted by Crippen LogP contribution is -2.83. The van der Waals surface area contributed by atoms with E-state index >= 15 is 0 Å². The van der Waals surface area contributed by atoms with Gasteiger partial charge in [0.1, 0.15) is 5.60 Å². The number of hydrogen-bond donors (Lipinski definition) is 2. The normalized spacial score (nSPS) is 45.7. The maximum absolute atomic E-state index is 10.1. The van der Waals surface area contributed by atoms with E-state index in [9.17, 15) is 5.11 Å². The third-order valence-electron chi connectivity index (χ3n) is 4.97. The highest BCUT2D eigenvalue weighted by atomic mass is 16.5. The molecule has 1 aliphatic heterocycles. The molecule has 3 aliphatic rings. The first-order chi connectivity index (χ1) is 8.25. The van der Waals surface area contributed by atoms with Gasteiger partial charge in [-0.25, -0.2) is 0 Å². The van der Waals surface area contributed by atoms with Crippen LogP contribution in [0, 0.1) is 23.2 Å². The Bertz CT molecular complexity index is 390. The third kappa shape index (κ3) is 1.38. The van der Waals surface area contributed by atoms with Crippen LogP contribution in [0.4, 0.5) is 0 Å². The molecule has 0 bridgehead atoms. The fraction of sp³-hybridized carbons (Fsp3) is 0.929. The molecular weight excluding hydrogens is 228 g/mol. The summed E-state index contributed by atoms with van der Waals surface area (Å²) in [6.07, 6.45) is 2.06. The lowest BCUT2D eigenvalue weighted by molar-refractivity contribution is -0.237. The number of piperidine rings is 1. The largest absolute Gasteiger partial charge is 0.460 e. The summed E-state index contributed by atoms with van der Waals surface area (Å²) in [7, 11) is 0. The number of likely N-dealkylation sites (tertiary alicyclic amines) is 1. The number of amidine groups is 1. The highest BCUT2D eigenvalue weighted by Crippen LogP contribution is 2.65. The van der Waals surface area contributed by atoms with Crippen molar-refractivity contribution in [3.63, 3.8) is 0 Å². The quantitative estimate of drug-likeness (QED) is 0.511. The van der Waals surface area contributed by atoms with Gasteiger partial charge in [-0.3, -0.25) is 5.41 Å². The molecule has 4 heteroatoms. The molecule has 5 atom stereocenters. The molecule has 0 amide bonds. The highest BCUT2D eigenvalue weighted by Gasteiger charge is 2.74. The van der Waals surface area contributed by atoms with Crippen molar-refractivity contribution in [3.8, 4) is 0 Å². The van der Waals surface area contributed by atoms with Crippen molar-refractivity contribution in [2.45, 2.75) is 57.8 Å². The van der Waals surface area contributed by atoms with Crippen LogP contribution >= 0.6 is 0 Å². The molecule has 0 radical (unpaired) electrons. The van der Waals surface area contributed by atoms with E-state index in [1.54, 1.807) is 0 Å². The second-order valence-electron chi connectivity index (χ2n) is 7.37. The van der Waals surface area contributed by atoms with Gasteiger partial charge in [0.05, 0.1) is 11.6 Å². The summed E-state index contributed by atoms with van der Waals surface area (Å²) in [6.45, 7) is 8.96. The van der Waals surface area contributed by atoms with E-state index in [1.165, 1.54) is 0 Å². The zero-order chi connectivity index (χ0) is 13.3. The van der Waals surface area contributed by atoms with Crippen LogP contribution in [0.25, 0.3) is 0 Å². The Labute approximate surface area is 109 Å². The molecule has 0 aromatic rings. The number of rotatable bonds is 0. The minimum absolute atomic E-state index is 0.0567. The number of ether oxygens (including phenoxy) is 1. The summed E-state index contributed by atoms with van der Waals surface area (Å²) in [6, 6.07) is 0.296. The van der Waals surface area contributed by atoms with Gasteiger partial charge in [0.25, 0.3) is 6.02 Å². The Morgan fingerprint density at radius 2 is 2.06 bits per heavy atom. The van der Waals surface area contributed by atoms with Gasteiger partial charge in [-0.15, -0.1) is 0 Å². The monoisotopic (exact) mass is 252 g/mol. The molecule has 2 saturated carbocycles. The zero-order valence-electron chi connectivity index (χ0n) is 11.7. The lowest BCUT2D eigenvalue weighted by Gasteiger charge is -2.70. The van der Waals surface area contributed by atoms with Crippen molar-refractivity contribution in [2.75, 3.05) is 6.54 Å². The van der Waals surface area contributed by atoms with E-state index in [2.05, 4.69) is 11.8 Å². The van der Waals surface area contributed by atoms with E-state index in [1.807, 2.05) is 20.8 Å². The van der Waals surface area contributed by atoms with Gasteiger partial charge in [0, 0.05) is 18.4 Å². The van der Waals surface area contributed by atoms with Crippen LogP contribution in [-0.4, -0.2) is 39.8 Å². The molecule has 102 valence electrons. The lowest BCUT2D eigenvalue weighted by atomic mass is 9.51. The summed E-state index contributed by atoms with van der Waals surface area (Å²) < 4.78 is 5.70. The molecule has 4 nitrogen and oxygen atoms in total. The predicted molar refractivity (Wildman–Crippen MR) is 69.4 cm³/mol. The van der Waals surface area contributed by atoms with E-state index in [4.69, 9.17) is 10.1 Å². The number of aliphatic hydroxyl groups excluding tert-OH is 1. The maximum atomic E-state index is 10.1. The van der Waals surface area contributed by atoms with Crippen LogP contribution in [0.5, 0.6) is 0 Å². The van der Waals surface area contributed by atoms with Gasteiger partial charge in [0.15, 0.2) is 0 Å². The van der Waals surface area contributed by atoms with E-state index in [0.29, 0.717) is 23.8 Å². The number of hydrogen-bond acceptors (Lipinski definition) is 3. The van der Waals surface area contributed by atoms with Crippen molar-refractivity contribution < 1.29 is 9.84 Å². The first-order valence-electron chi connectivity index (χ1n) is 6.99. The molecule has 3 fully saturated rings. The fourth-order valence-electron chi connectivity index (χ4n) is 4.40.